The molecule has 3 heteroatoms. The van der Waals surface area contributed by atoms with Crippen molar-refractivity contribution in [2.45, 2.75) is 26.8 Å². The molecule has 17 heavy (non-hydrogen) atoms. The molecule has 0 radical (unpaired) electrons. The van der Waals surface area contributed by atoms with Gasteiger partial charge in [-0.3, -0.25) is 9.67 Å². The normalized spacial score (nSPS) is 13.6. The maximum atomic E-state index is 4.46. The zero-order valence-corrected chi connectivity index (χ0v) is 10.1. The Kier molecular flexibility index (Phi) is 2.32. The van der Waals surface area contributed by atoms with Gasteiger partial charge in [-0.2, -0.15) is 5.10 Å². The van der Waals surface area contributed by atoms with Crippen molar-refractivity contribution in [3.8, 4) is 0 Å². The molecule has 1 aromatic heterocycles. The minimum atomic E-state index is 0.832. The predicted octanol–water partition coefficient (Wildman–Crippen LogP) is 2.89. The van der Waals surface area contributed by atoms with E-state index in [4.69, 9.17) is 0 Å². The molecule has 0 N–H and O–H groups in total. The van der Waals surface area contributed by atoms with Gasteiger partial charge in [-0.25, -0.2) is 0 Å². The molecule has 3 nitrogen and oxygen atoms in total. The number of aromatic nitrogens is 2. The van der Waals surface area contributed by atoms with Crippen LogP contribution in [0.5, 0.6) is 0 Å². The maximum Gasteiger partial charge on any atom is 0.104 e. The molecule has 0 bridgehead atoms. The van der Waals surface area contributed by atoms with Crippen LogP contribution in [0.2, 0.25) is 0 Å². The van der Waals surface area contributed by atoms with Crippen molar-refractivity contribution >= 4 is 11.4 Å². The number of nitrogens with zero attached hydrogens (tertiary/aromatic N) is 3. The lowest BCUT2D eigenvalue weighted by atomic mass is 10.1. The Bertz CT molecular complexity index is 576. The van der Waals surface area contributed by atoms with E-state index >= 15 is 0 Å². The van der Waals surface area contributed by atoms with Crippen molar-refractivity contribution < 1.29 is 0 Å². The van der Waals surface area contributed by atoms with Crippen molar-refractivity contribution in [1.82, 2.24) is 9.78 Å². The van der Waals surface area contributed by atoms with Crippen molar-refractivity contribution in [3.05, 3.63) is 47.3 Å². The number of hydrogen-bond acceptors (Lipinski definition) is 2. The van der Waals surface area contributed by atoms with Gasteiger partial charge in [-0.15, -0.1) is 0 Å². The highest BCUT2D eigenvalue weighted by atomic mass is 15.3. The fourth-order valence-electron chi connectivity index (χ4n) is 2.17. The number of aliphatic imine (C=N–C) groups is 1. The molecule has 1 aliphatic rings. The third kappa shape index (κ3) is 1.88. The molecule has 1 aromatic carbocycles. The van der Waals surface area contributed by atoms with E-state index < -0.39 is 0 Å². The molecule has 0 saturated heterocycles. The topological polar surface area (TPSA) is 30.2 Å². The Morgan fingerprint density at radius 2 is 1.94 bits per heavy atom. The third-order valence-corrected chi connectivity index (χ3v) is 3.11. The lowest BCUT2D eigenvalue weighted by Gasteiger charge is -2.06. The van der Waals surface area contributed by atoms with Crippen LogP contribution in [-0.2, 0) is 13.0 Å². The van der Waals surface area contributed by atoms with Gasteiger partial charge in [0.1, 0.15) is 5.69 Å². The molecule has 2 aromatic rings. The molecule has 0 fully saturated rings. The SMILES string of the molecule is CC1=Nc2cnn(Cc3ccc(C)cc3)c2C1. The lowest BCUT2D eigenvalue weighted by molar-refractivity contribution is 0.660. The molecule has 0 atom stereocenters. The summed E-state index contributed by atoms with van der Waals surface area (Å²) < 4.78 is 2.06. The first-order valence-corrected chi connectivity index (χ1v) is 5.87. The summed E-state index contributed by atoms with van der Waals surface area (Å²) in [7, 11) is 0. The number of fused-ring (bicyclic) bond motifs is 1. The van der Waals surface area contributed by atoms with Crippen molar-refractivity contribution in [3.63, 3.8) is 0 Å². The summed E-state index contributed by atoms with van der Waals surface area (Å²) in [5.74, 6) is 0. The lowest BCUT2D eigenvalue weighted by Crippen LogP contribution is -2.07. The van der Waals surface area contributed by atoms with E-state index in [1.165, 1.54) is 22.5 Å². The predicted molar refractivity (Wildman–Crippen MR) is 69.0 cm³/mol. The zero-order valence-electron chi connectivity index (χ0n) is 10.1. The summed E-state index contributed by atoms with van der Waals surface area (Å²) in [5, 5.41) is 4.40. The van der Waals surface area contributed by atoms with E-state index in [0.29, 0.717) is 0 Å². The van der Waals surface area contributed by atoms with Crippen molar-refractivity contribution in [1.29, 1.82) is 0 Å². The molecule has 0 unspecified atom stereocenters. The molecular formula is C14H15N3. The van der Waals surface area contributed by atoms with Crippen LogP contribution in [0.15, 0.2) is 35.5 Å². The largest absolute Gasteiger partial charge is 0.263 e. The Morgan fingerprint density at radius 1 is 1.18 bits per heavy atom. The van der Waals surface area contributed by atoms with E-state index in [1.54, 1.807) is 0 Å². The van der Waals surface area contributed by atoms with Gasteiger partial charge in [-0.1, -0.05) is 29.8 Å². The average Bonchev–Trinajstić information content (AvgIpc) is 2.83. The highest BCUT2D eigenvalue weighted by Gasteiger charge is 2.17. The Labute approximate surface area is 101 Å². The monoisotopic (exact) mass is 225 g/mol. The fraction of sp³-hybridized carbons (Fsp3) is 0.286. The van der Waals surface area contributed by atoms with Crippen LogP contribution in [0.1, 0.15) is 23.7 Å². The summed E-state index contributed by atoms with van der Waals surface area (Å²) >= 11 is 0. The highest BCUT2D eigenvalue weighted by Crippen LogP contribution is 2.26. The minimum Gasteiger partial charge on any atom is -0.263 e. The van der Waals surface area contributed by atoms with Gasteiger partial charge in [0.15, 0.2) is 0 Å². The van der Waals surface area contributed by atoms with E-state index in [-0.39, 0.29) is 0 Å². The summed E-state index contributed by atoms with van der Waals surface area (Å²) in [6.45, 7) is 5.00. The second kappa shape index (κ2) is 3.84. The zero-order chi connectivity index (χ0) is 11.8. The first-order chi connectivity index (χ1) is 8.22. The standard InChI is InChI=1S/C14H15N3/c1-10-3-5-12(6-4-10)9-17-14-7-11(2)16-13(14)8-15-17/h3-6,8H,7,9H2,1-2H3. The second-order valence-corrected chi connectivity index (χ2v) is 4.64. The fourth-order valence-corrected chi connectivity index (χ4v) is 2.17. The molecule has 1 aliphatic heterocycles. The molecule has 86 valence electrons. The van der Waals surface area contributed by atoms with Gasteiger partial charge in [0.25, 0.3) is 0 Å². The van der Waals surface area contributed by atoms with Crippen LogP contribution in [0.3, 0.4) is 0 Å². The molecule has 0 aliphatic carbocycles. The van der Waals surface area contributed by atoms with Crippen molar-refractivity contribution in [2.24, 2.45) is 4.99 Å². The smallest absolute Gasteiger partial charge is 0.104 e. The Balaban J connectivity index is 1.86. The summed E-state index contributed by atoms with van der Waals surface area (Å²) in [6, 6.07) is 8.60. The minimum absolute atomic E-state index is 0.832. The van der Waals surface area contributed by atoms with Gasteiger partial charge in [0.05, 0.1) is 18.4 Å². The van der Waals surface area contributed by atoms with Crippen molar-refractivity contribution in [2.75, 3.05) is 0 Å². The van der Waals surface area contributed by atoms with E-state index in [1.807, 2.05) is 6.20 Å². The van der Waals surface area contributed by atoms with Gasteiger partial charge < -0.3 is 0 Å². The number of benzene rings is 1. The van der Waals surface area contributed by atoms with E-state index in [0.717, 1.165) is 18.7 Å². The van der Waals surface area contributed by atoms with Crippen LogP contribution in [0.4, 0.5) is 5.69 Å². The second-order valence-electron chi connectivity index (χ2n) is 4.64. The highest BCUT2D eigenvalue weighted by molar-refractivity contribution is 5.91. The quantitative estimate of drug-likeness (QED) is 0.773. The average molecular weight is 225 g/mol. The summed E-state index contributed by atoms with van der Waals surface area (Å²) in [5.41, 5.74) is 6.03. The van der Waals surface area contributed by atoms with Gasteiger partial charge >= 0.3 is 0 Å². The number of rotatable bonds is 2. The maximum absolute atomic E-state index is 4.46. The van der Waals surface area contributed by atoms with Gasteiger partial charge in [0, 0.05) is 12.1 Å². The Morgan fingerprint density at radius 3 is 2.71 bits per heavy atom. The molecule has 2 heterocycles. The molecular weight excluding hydrogens is 210 g/mol. The number of hydrogen-bond donors (Lipinski definition) is 0. The number of aryl methyl sites for hydroxylation is 1. The summed E-state index contributed by atoms with van der Waals surface area (Å²) in [6.07, 6.45) is 2.79. The first kappa shape index (κ1) is 10.3. The van der Waals surface area contributed by atoms with E-state index in [2.05, 4.69) is 52.9 Å². The van der Waals surface area contributed by atoms with Crippen LogP contribution in [0, 0.1) is 6.92 Å². The molecule has 0 spiro atoms. The molecule has 0 saturated carbocycles. The molecule has 0 amide bonds. The summed E-state index contributed by atoms with van der Waals surface area (Å²) in [4.78, 5) is 4.46. The Hall–Kier alpha value is -1.90. The van der Waals surface area contributed by atoms with Gasteiger partial charge in [0.2, 0.25) is 0 Å². The van der Waals surface area contributed by atoms with Crippen LogP contribution >= 0.6 is 0 Å². The van der Waals surface area contributed by atoms with E-state index in [9.17, 15) is 0 Å². The van der Waals surface area contributed by atoms with Crippen LogP contribution < -0.4 is 0 Å². The molecule has 3 rings (SSSR count). The van der Waals surface area contributed by atoms with Crippen LogP contribution in [0.25, 0.3) is 0 Å². The van der Waals surface area contributed by atoms with Crippen LogP contribution in [-0.4, -0.2) is 15.5 Å². The van der Waals surface area contributed by atoms with Gasteiger partial charge in [-0.05, 0) is 19.4 Å². The first-order valence-electron chi connectivity index (χ1n) is 5.87. The third-order valence-electron chi connectivity index (χ3n) is 3.11.